The molecule has 0 bridgehead atoms. The third-order valence-electron chi connectivity index (χ3n) is 13.0. The number of furan rings is 1. The molecule has 294 valence electrons. The van der Waals surface area contributed by atoms with Crippen molar-refractivity contribution < 1.29 is 4.42 Å². The summed E-state index contributed by atoms with van der Waals surface area (Å²) in [5.41, 5.74) is 13.3. The number of hydrogen-bond acceptors (Lipinski definition) is 2. The van der Waals surface area contributed by atoms with Gasteiger partial charge in [0.25, 0.3) is 0 Å². The van der Waals surface area contributed by atoms with Crippen molar-refractivity contribution in [2.75, 3.05) is 4.90 Å². The molecule has 0 N–H and O–H groups in total. The van der Waals surface area contributed by atoms with Crippen LogP contribution in [0, 0.1) is 0 Å². The number of nitrogens with zero attached hydrogens (tertiary/aromatic N) is 2. The number of hydrogen-bond donors (Lipinski definition) is 0. The van der Waals surface area contributed by atoms with Crippen molar-refractivity contribution in [1.29, 1.82) is 0 Å². The van der Waals surface area contributed by atoms with Crippen molar-refractivity contribution in [3.63, 3.8) is 0 Å². The second kappa shape index (κ2) is 14.1. The molecule has 2 heterocycles. The van der Waals surface area contributed by atoms with Gasteiger partial charge >= 0.3 is 0 Å². The van der Waals surface area contributed by atoms with Crippen LogP contribution in [0.1, 0.15) is 0 Å². The molecule has 0 aliphatic heterocycles. The second-order valence-corrected chi connectivity index (χ2v) is 16.5. The highest BCUT2D eigenvalue weighted by atomic mass is 16.3. The zero-order valence-corrected chi connectivity index (χ0v) is 34.2. The van der Waals surface area contributed by atoms with Crippen LogP contribution in [0.5, 0.6) is 0 Å². The smallest absolute Gasteiger partial charge is 0.143 e. The zero-order valence-electron chi connectivity index (χ0n) is 34.2. The monoisotopic (exact) mass is 802 g/mol. The standard InChI is InChI=1S/C60H38N2O/c1-4-17-49-41(12-1)28-34-54-55-37-43(29-35-59(55)63-60(49)54)40-26-32-46(33-27-40)61(58-38-44-13-2-3-16-48(44)50-18-5-6-19-51(50)58)45-30-24-39(25-31-45)42-14-11-15-47(36-42)62-56-22-9-7-20-52(56)53-21-8-10-23-57(53)62/h1-38H. The van der Waals surface area contributed by atoms with E-state index in [1.165, 1.54) is 54.3 Å². The van der Waals surface area contributed by atoms with Crippen LogP contribution in [0.3, 0.4) is 0 Å². The Kier molecular flexibility index (Phi) is 7.91. The van der Waals surface area contributed by atoms with E-state index in [0.717, 1.165) is 66.8 Å². The van der Waals surface area contributed by atoms with Crippen LogP contribution in [-0.4, -0.2) is 4.57 Å². The number of para-hydroxylation sites is 2. The summed E-state index contributed by atoms with van der Waals surface area (Å²) < 4.78 is 8.84. The minimum Gasteiger partial charge on any atom is -0.455 e. The predicted molar refractivity (Wildman–Crippen MR) is 266 cm³/mol. The van der Waals surface area contributed by atoms with Crippen molar-refractivity contribution in [3.05, 3.63) is 231 Å². The third kappa shape index (κ3) is 5.67. The fourth-order valence-corrected chi connectivity index (χ4v) is 9.96. The van der Waals surface area contributed by atoms with Gasteiger partial charge in [-0.25, -0.2) is 0 Å². The Morgan fingerprint density at radius 3 is 1.57 bits per heavy atom. The largest absolute Gasteiger partial charge is 0.455 e. The maximum absolute atomic E-state index is 6.45. The first kappa shape index (κ1) is 35.4. The maximum atomic E-state index is 6.45. The van der Waals surface area contributed by atoms with Gasteiger partial charge in [-0.1, -0.05) is 158 Å². The molecule has 0 unspecified atom stereocenters. The molecular formula is C60H38N2O. The Balaban J connectivity index is 0.919. The minimum absolute atomic E-state index is 0.901. The molecule has 13 rings (SSSR count). The van der Waals surface area contributed by atoms with Gasteiger partial charge in [-0.2, -0.15) is 0 Å². The first-order valence-electron chi connectivity index (χ1n) is 21.6. The molecule has 0 saturated heterocycles. The molecule has 0 aliphatic rings. The first-order chi connectivity index (χ1) is 31.2. The van der Waals surface area contributed by atoms with E-state index < -0.39 is 0 Å². The first-order valence-corrected chi connectivity index (χ1v) is 21.6. The Bertz CT molecular complexity index is 3860. The Hall–Kier alpha value is -8.40. The highest BCUT2D eigenvalue weighted by Gasteiger charge is 2.19. The van der Waals surface area contributed by atoms with E-state index in [0.29, 0.717) is 0 Å². The van der Waals surface area contributed by atoms with Crippen molar-refractivity contribution in [3.8, 4) is 27.9 Å². The number of anilines is 3. The number of aromatic nitrogens is 1. The van der Waals surface area contributed by atoms with E-state index in [9.17, 15) is 0 Å². The van der Waals surface area contributed by atoms with E-state index in [4.69, 9.17) is 4.42 Å². The molecule has 63 heavy (non-hydrogen) atoms. The van der Waals surface area contributed by atoms with Gasteiger partial charge in [0.15, 0.2) is 0 Å². The van der Waals surface area contributed by atoms with Gasteiger partial charge in [0.05, 0.1) is 16.7 Å². The Morgan fingerprint density at radius 2 is 0.873 bits per heavy atom. The van der Waals surface area contributed by atoms with Crippen LogP contribution in [0.2, 0.25) is 0 Å². The van der Waals surface area contributed by atoms with Crippen molar-refractivity contribution in [2.24, 2.45) is 0 Å². The Labute approximate surface area is 363 Å². The summed E-state index contributed by atoms with van der Waals surface area (Å²) in [6, 6.07) is 83.6. The lowest BCUT2D eigenvalue weighted by Gasteiger charge is -2.28. The van der Waals surface area contributed by atoms with Crippen LogP contribution in [0.15, 0.2) is 235 Å². The minimum atomic E-state index is 0.901. The summed E-state index contributed by atoms with van der Waals surface area (Å²) in [7, 11) is 0. The van der Waals surface area contributed by atoms with Gasteiger partial charge in [0, 0.05) is 49.4 Å². The average Bonchev–Trinajstić information content (AvgIpc) is 3.90. The molecule has 0 fully saturated rings. The lowest BCUT2D eigenvalue weighted by atomic mass is 9.98. The summed E-state index contributed by atoms with van der Waals surface area (Å²) in [5.74, 6) is 0. The van der Waals surface area contributed by atoms with Gasteiger partial charge in [-0.15, -0.1) is 0 Å². The lowest BCUT2D eigenvalue weighted by molar-refractivity contribution is 0.672. The molecule has 0 spiro atoms. The molecular weight excluding hydrogens is 765 g/mol. The third-order valence-corrected chi connectivity index (χ3v) is 13.0. The fraction of sp³-hybridized carbons (Fsp3) is 0. The quantitative estimate of drug-likeness (QED) is 0.156. The molecule has 3 heteroatoms. The van der Waals surface area contributed by atoms with Gasteiger partial charge < -0.3 is 13.9 Å². The van der Waals surface area contributed by atoms with Crippen LogP contribution >= 0.6 is 0 Å². The number of benzene rings is 11. The van der Waals surface area contributed by atoms with Crippen LogP contribution in [0.25, 0.3) is 104 Å². The van der Waals surface area contributed by atoms with E-state index in [1.807, 2.05) is 0 Å². The summed E-state index contributed by atoms with van der Waals surface area (Å²) in [4.78, 5) is 2.41. The molecule has 0 amide bonds. The van der Waals surface area contributed by atoms with Crippen molar-refractivity contribution in [1.82, 2.24) is 4.57 Å². The topological polar surface area (TPSA) is 21.3 Å². The fourth-order valence-electron chi connectivity index (χ4n) is 9.96. The van der Waals surface area contributed by atoms with Crippen LogP contribution < -0.4 is 4.90 Å². The molecule has 0 aliphatic carbocycles. The second-order valence-electron chi connectivity index (χ2n) is 16.5. The van der Waals surface area contributed by atoms with Gasteiger partial charge in [0.1, 0.15) is 11.2 Å². The van der Waals surface area contributed by atoms with Crippen LogP contribution in [-0.2, 0) is 0 Å². The summed E-state index contributed by atoms with van der Waals surface area (Å²) in [5, 5.41) is 12.0. The number of rotatable bonds is 6. The molecule has 11 aromatic carbocycles. The lowest BCUT2D eigenvalue weighted by Crippen LogP contribution is -2.10. The van der Waals surface area contributed by atoms with Gasteiger partial charge in [-0.3, -0.25) is 0 Å². The highest BCUT2D eigenvalue weighted by molar-refractivity contribution is 6.16. The Morgan fingerprint density at radius 1 is 0.317 bits per heavy atom. The SMILES string of the molecule is c1cc(-c2ccc(N(c3ccc(-c4ccc5oc6c7ccccc7ccc6c5c4)cc3)c3cc4ccccc4c4ccccc34)cc2)cc(-n2c3ccccc3c3ccccc32)c1. The van der Waals surface area contributed by atoms with Gasteiger partial charge in [0.2, 0.25) is 0 Å². The predicted octanol–water partition coefficient (Wildman–Crippen LogP) is 16.9. The molecule has 0 radical (unpaired) electrons. The molecule has 0 atom stereocenters. The zero-order chi connectivity index (χ0) is 41.4. The molecule has 3 nitrogen and oxygen atoms in total. The molecule has 2 aromatic heterocycles. The average molecular weight is 803 g/mol. The summed E-state index contributed by atoms with van der Waals surface area (Å²) >= 11 is 0. The van der Waals surface area contributed by atoms with E-state index >= 15 is 0 Å². The van der Waals surface area contributed by atoms with Gasteiger partial charge in [-0.05, 0) is 117 Å². The van der Waals surface area contributed by atoms with E-state index in [1.54, 1.807) is 0 Å². The maximum Gasteiger partial charge on any atom is 0.143 e. The molecule has 13 aromatic rings. The molecule has 0 saturated carbocycles. The summed E-state index contributed by atoms with van der Waals surface area (Å²) in [6.07, 6.45) is 0. The van der Waals surface area contributed by atoms with Crippen molar-refractivity contribution in [2.45, 2.75) is 0 Å². The van der Waals surface area contributed by atoms with Crippen molar-refractivity contribution >= 4 is 93.1 Å². The van der Waals surface area contributed by atoms with E-state index in [-0.39, 0.29) is 0 Å². The number of fused-ring (bicyclic) bond motifs is 11. The summed E-state index contributed by atoms with van der Waals surface area (Å²) in [6.45, 7) is 0. The normalized spacial score (nSPS) is 11.8. The van der Waals surface area contributed by atoms with E-state index in [2.05, 4.69) is 240 Å². The highest BCUT2D eigenvalue weighted by Crippen LogP contribution is 2.44. The van der Waals surface area contributed by atoms with Crippen LogP contribution in [0.4, 0.5) is 17.1 Å².